The molecule has 1 aromatic heterocycles. The molecule has 1 aliphatic rings. The highest BCUT2D eigenvalue weighted by Crippen LogP contribution is 2.20. The SMILES string of the molecule is Cc1ccccc1C(=O)Nc1nc(C(=O)N2CCCC2)cs1. The summed E-state index contributed by atoms with van der Waals surface area (Å²) in [5.74, 6) is -0.252. The fourth-order valence-electron chi connectivity index (χ4n) is 2.50. The first kappa shape index (κ1) is 14.7. The zero-order valence-electron chi connectivity index (χ0n) is 12.3. The summed E-state index contributed by atoms with van der Waals surface area (Å²) in [6.07, 6.45) is 2.10. The van der Waals surface area contributed by atoms with Crippen molar-refractivity contribution in [1.82, 2.24) is 9.88 Å². The largest absolute Gasteiger partial charge is 0.337 e. The molecule has 2 amide bonds. The van der Waals surface area contributed by atoms with Crippen LogP contribution in [0.3, 0.4) is 0 Å². The van der Waals surface area contributed by atoms with E-state index in [-0.39, 0.29) is 11.8 Å². The lowest BCUT2D eigenvalue weighted by Crippen LogP contribution is -2.27. The van der Waals surface area contributed by atoms with Crippen LogP contribution >= 0.6 is 11.3 Å². The van der Waals surface area contributed by atoms with E-state index < -0.39 is 0 Å². The van der Waals surface area contributed by atoms with Crippen LogP contribution in [0.5, 0.6) is 0 Å². The predicted molar refractivity (Wildman–Crippen MR) is 86.4 cm³/mol. The first-order valence-corrected chi connectivity index (χ1v) is 8.15. The van der Waals surface area contributed by atoms with Gasteiger partial charge in [0.05, 0.1) is 0 Å². The average molecular weight is 315 g/mol. The maximum absolute atomic E-state index is 12.2. The van der Waals surface area contributed by atoms with E-state index >= 15 is 0 Å². The second kappa shape index (κ2) is 6.27. The van der Waals surface area contributed by atoms with Crippen LogP contribution in [0.25, 0.3) is 0 Å². The fraction of sp³-hybridized carbons (Fsp3) is 0.312. The Morgan fingerprint density at radius 2 is 1.95 bits per heavy atom. The zero-order valence-corrected chi connectivity index (χ0v) is 13.2. The smallest absolute Gasteiger partial charge is 0.273 e. The van der Waals surface area contributed by atoms with Gasteiger partial charge < -0.3 is 4.90 Å². The summed E-state index contributed by atoms with van der Waals surface area (Å²) < 4.78 is 0. The maximum Gasteiger partial charge on any atom is 0.273 e. The number of carbonyl (C=O) groups excluding carboxylic acids is 2. The minimum absolute atomic E-state index is 0.0508. The molecule has 2 heterocycles. The lowest BCUT2D eigenvalue weighted by Gasteiger charge is -2.12. The van der Waals surface area contributed by atoms with E-state index in [1.54, 1.807) is 11.4 Å². The van der Waals surface area contributed by atoms with Gasteiger partial charge in [-0.05, 0) is 31.4 Å². The quantitative estimate of drug-likeness (QED) is 0.947. The Balaban J connectivity index is 1.70. The Morgan fingerprint density at radius 1 is 1.23 bits per heavy atom. The van der Waals surface area contributed by atoms with Gasteiger partial charge in [0, 0.05) is 24.0 Å². The van der Waals surface area contributed by atoms with E-state index in [0.29, 0.717) is 16.4 Å². The van der Waals surface area contributed by atoms with Crippen LogP contribution in [0.4, 0.5) is 5.13 Å². The number of thiazole rings is 1. The average Bonchev–Trinajstić information content (AvgIpc) is 3.18. The molecular weight excluding hydrogens is 298 g/mol. The Labute approximate surface area is 133 Å². The van der Waals surface area contributed by atoms with Crippen molar-refractivity contribution in [1.29, 1.82) is 0 Å². The van der Waals surface area contributed by atoms with Crippen LogP contribution in [0, 0.1) is 6.92 Å². The third-order valence-corrected chi connectivity index (χ3v) is 4.48. The molecular formula is C16H17N3O2S. The third kappa shape index (κ3) is 3.01. The van der Waals surface area contributed by atoms with Gasteiger partial charge in [-0.3, -0.25) is 14.9 Å². The number of hydrogen-bond donors (Lipinski definition) is 1. The van der Waals surface area contributed by atoms with Gasteiger partial charge >= 0.3 is 0 Å². The topological polar surface area (TPSA) is 62.3 Å². The molecule has 0 bridgehead atoms. The van der Waals surface area contributed by atoms with E-state index in [1.807, 2.05) is 30.0 Å². The van der Waals surface area contributed by atoms with Crippen LogP contribution in [0.2, 0.25) is 0 Å². The van der Waals surface area contributed by atoms with Crippen LogP contribution in [0.1, 0.15) is 39.3 Å². The van der Waals surface area contributed by atoms with Gasteiger partial charge in [-0.15, -0.1) is 11.3 Å². The lowest BCUT2D eigenvalue weighted by atomic mass is 10.1. The molecule has 2 aromatic rings. The third-order valence-electron chi connectivity index (χ3n) is 3.73. The van der Waals surface area contributed by atoms with Crippen molar-refractivity contribution in [2.24, 2.45) is 0 Å². The van der Waals surface area contributed by atoms with E-state index in [2.05, 4.69) is 10.3 Å². The molecule has 0 unspecified atom stereocenters. The molecule has 3 rings (SSSR count). The van der Waals surface area contributed by atoms with Gasteiger partial charge in [0.15, 0.2) is 5.13 Å². The molecule has 1 aliphatic heterocycles. The van der Waals surface area contributed by atoms with E-state index in [1.165, 1.54) is 11.3 Å². The number of aryl methyl sites for hydroxylation is 1. The molecule has 1 saturated heterocycles. The van der Waals surface area contributed by atoms with Crippen molar-refractivity contribution in [3.63, 3.8) is 0 Å². The van der Waals surface area contributed by atoms with E-state index in [9.17, 15) is 9.59 Å². The summed E-state index contributed by atoms with van der Waals surface area (Å²) in [5.41, 5.74) is 1.93. The lowest BCUT2D eigenvalue weighted by molar-refractivity contribution is 0.0787. The first-order chi connectivity index (χ1) is 10.6. The number of nitrogens with one attached hydrogen (secondary N) is 1. The number of nitrogens with zero attached hydrogens (tertiary/aromatic N) is 2. The van der Waals surface area contributed by atoms with Crippen molar-refractivity contribution in [3.05, 3.63) is 46.5 Å². The summed E-state index contributed by atoms with van der Waals surface area (Å²) >= 11 is 1.27. The Bertz CT molecular complexity index is 705. The Morgan fingerprint density at radius 3 is 2.68 bits per heavy atom. The van der Waals surface area contributed by atoms with Crippen LogP contribution < -0.4 is 5.32 Å². The van der Waals surface area contributed by atoms with Gasteiger partial charge in [0.2, 0.25) is 0 Å². The van der Waals surface area contributed by atoms with Crippen molar-refractivity contribution >= 4 is 28.3 Å². The molecule has 0 saturated carbocycles. The minimum atomic E-state index is -0.201. The summed E-state index contributed by atoms with van der Waals surface area (Å²) in [6, 6.07) is 7.38. The monoisotopic (exact) mass is 315 g/mol. The highest BCUT2D eigenvalue weighted by molar-refractivity contribution is 7.14. The van der Waals surface area contributed by atoms with Gasteiger partial charge in [-0.1, -0.05) is 18.2 Å². The van der Waals surface area contributed by atoms with Gasteiger partial charge in [0.1, 0.15) is 5.69 Å². The fourth-order valence-corrected chi connectivity index (χ4v) is 3.18. The standard InChI is InChI=1S/C16H17N3O2S/c1-11-6-2-3-7-12(11)14(20)18-16-17-13(10-22-16)15(21)19-8-4-5-9-19/h2-3,6-7,10H,4-5,8-9H2,1H3,(H,17,18,20). The molecule has 0 aliphatic carbocycles. The van der Waals surface area contributed by atoms with Crippen molar-refractivity contribution in [2.45, 2.75) is 19.8 Å². The summed E-state index contributed by atoms with van der Waals surface area (Å²) in [6.45, 7) is 3.47. The molecule has 0 atom stereocenters. The van der Waals surface area contributed by atoms with Crippen LogP contribution in [-0.4, -0.2) is 34.8 Å². The number of anilines is 1. The molecule has 6 heteroatoms. The zero-order chi connectivity index (χ0) is 15.5. The number of benzene rings is 1. The highest BCUT2D eigenvalue weighted by atomic mass is 32.1. The van der Waals surface area contributed by atoms with Gasteiger partial charge in [-0.25, -0.2) is 4.98 Å². The summed E-state index contributed by atoms with van der Waals surface area (Å²) in [4.78, 5) is 30.5. The van der Waals surface area contributed by atoms with Crippen molar-refractivity contribution < 1.29 is 9.59 Å². The van der Waals surface area contributed by atoms with Gasteiger partial charge in [0.25, 0.3) is 11.8 Å². The molecule has 1 fully saturated rings. The number of hydrogen-bond acceptors (Lipinski definition) is 4. The molecule has 5 nitrogen and oxygen atoms in total. The van der Waals surface area contributed by atoms with Crippen LogP contribution in [-0.2, 0) is 0 Å². The van der Waals surface area contributed by atoms with Crippen LogP contribution in [0.15, 0.2) is 29.6 Å². The van der Waals surface area contributed by atoms with Crippen molar-refractivity contribution in [3.8, 4) is 0 Å². The molecule has 0 radical (unpaired) electrons. The predicted octanol–water partition coefficient (Wildman–Crippen LogP) is 2.94. The van der Waals surface area contributed by atoms with E-state index in [0.717, 1.165) is 31.5 Å². The summed E-state index contributed by atoms with van der Waals surface area (Å²) in [5, 5.41) is 4.92. The summed E-state index contributed by atoms with van der Waals surface area (Å²) in [7, 11) is 0. The molecule has 1 N–H and O–H groups in total. The highest BCUT2D eigenvalue weighted by Gasteiger charge is 2.22. The van der Waals surface area contributed by atoms with Gasteiger partial charge in [-0.2, -0.15) is 0 Å². The Hall–Kier alpha value is -2.21. The number of rotatable bonds is 3. The Kier molecular flexibility index (Phi) is 4.20. The molecule has 1 aromatic carbocycles. The molecule has 0 spiro atoms. The molecule has 114 valence electrons. The second-order valence-corrected chi connectivity index (χ2v) is 6.16. The number of carbonyl (C=O) groups is 2. The maximum atomic E-state index is 12.2. The first-order valence-electron chi connectivity index (χ1n) is 7.27. The number of amides is 2. The number of aromatic nitrogens is 1. The minimum Gasteiger partial charge on any atom is -0.337 e. The normalized spacial score (nSPS) is 14.1. The second-order valence-electron chi connectivity index (χ2n) is 5.31. The molecule has 22 heavy (non-hydrogen) atoms. The van der Waals surface area contributed by atoms with Crippen molar-refractivity contribution in [2.75, 3.05) is 18.4 Å². The van der Waals surface area contributed by atoms with E-state index in [4.69, 9.17) is 0 Å². The number of likely N-dealkylation sites (tertiary alicyclic amines) is 1.